The lowest BCUT2D eigenvalue weighted by atomic mass is 10.1. The maximum atomic E-state index is 6.05. The van der Waals surface area contributed by atoms with E-state index in [2.05, 4.69) is 16.0 Å². The molecule has 0 saturated heterocycles. The highest BCUT2D eigenvalue weighted by molar-refractivity contribution is 5.78. The number of aromatic nitrogens is 2. The van der Waals surface area contributed by atoms with Crippen LogP contribution in [-0.4, -0.2) is 15.5 Å². The highest BCUT2D eigenvalue weighted by Crippen LogP contribution is 2.36. The topological polar surface area (TPSA) is 54.7 Å². The summed E-state index contributed by atoms with van der Waals surface area (Å²) in [6.07, 6.45) is 8.28. The minimum Gasteiger partial charge on any atom is -0.361 e. The Labute approximate surface area is 88.7 Å². The van der Waals surface area contributed by atoms with Gasteiger partial charge in [-0.25, -0.2) is 0 Å². The van der Waals surface area contributed by atoms with Crippen LogP contribution in [0.3, 0.4) is 0 Å². The maximum absolute atomic E-state index is 6.05. The van der Waals surface area contributed by atoms with E-state index in [4.69, 9.17) is 5.73 Å². The second kappa shape index (κ2) is 3.07. The number of H-pyrrole nitrogens is 1. The number of nitrogens with two attached hydrogens (primary N) is 1. The molecule has 3 heteroatoms. The second-order valence-corrected chi connectivity index (χ2v) is 4.60. The number of fused-ring (bicyclic) bond motifs is 1. The van der Waals surface area contributed by atoms with Crippen molar-refractivity contribution in [1.29, 1.82) is 0 Å². The fraction of sp³-hybridized carbons (Fsp3) is 0.417. The normalized spacial score (nSPS) is 18.2. The lowest BCUT2D eigenvalue weighted by molar-refractivity contribution is 0.604. The Balaban J connectivity index is 1.78. The summed E-state index contributed by atoms with van der Waals surface area (Å²) in [6.45, 7) is 0. The zero-order chi connectivity index (χ0) is 10.3. The zero-order valence-electron chi connectivity index (χ0n) is 8.66. The van der Waals surface area contributed by atoms with Crippen LogP contribution < -0.4 is 5.73 Å². The van der Waals surface area contributed by atoms with Gasteiger partial charge in [-0.1, -0.05) is 0 Å². The predicted octanol–water partition coefficient (Wildman–Crippen LogP) is 1.99. The highest BCUT2D eigenvalue weighted by Gasteiger charge is 2.37. The molecule has 1 saturated carbocycles. The molecular formula is C12H15N3. The first-order chi connectivity index (χ1) is 7.25. The van der Waals surface area contributed by atoms with Gasteiger partial charge >= 0.3 is 0 Å². The average Bonchev–Trinajstić information content (AvgIpc) is 2.80. The van der Waals surface area contributed by atoms with Crippen LogP contribution in [0.25, 0.3) is 10.9 Å². The third-order valence-electron chi connectivity index (χ3n) is 3.26. The van der Waals surface area contributed by atoms with E-state index < -0.39 is 0 Å². The third kappa shape index (κ3) is 1.75. The Bertz CT molecular complexity index is 482. The molecular weight excluding hydrogens is 186 g/mol. The molecule has 1 aliphatic carbocycles. The van der Waals surface area contributed by atoms with Crippen molar-refractivity contribution in [3.63, 3.8) is 0 Å². The van der Waals surface area contributed by atoms with Crippen molar-refractivity contribution < 1.29 is 0 Å². The van der Waals surface area contributed by atoms with Crippen molar-refractivity contribution in [2.75, 3.05) is 0 Å². The number of aryl methyl sites for hydroxylation is 1. The van der Waals surface area contributed by atoms with Crippen molar-refractivity contribution in [1.82, 2.24) is 9.97 Å². The standard InChI is InChI=1S/C12H15N3/c13-12(4-5-12)3-1-10-7-11-9(8-15-10)2-6-14-11/h2,6-8,14H,1,3-5,13H2. The van der Waals surface area contributed by atoms with Crippen molar-refractivity contribution in [2.24, 2.45) is 5.73 Å². The van der Waals surface area contributed by atoms with Gasteiger partial charge in [-0.2, -0.15) is 0 Å². The summed E-state index contributed by atoms with van der Waals surface area (Å²) >= 11 is 0. The molecule has 1 fully saturated rings. The minimum absolute atomic E-state index is 0.131. The molecule has 2 heterocycles. The van der Waals surface area contributed by atoms with E-state index in [9.17, 15) is 0 Å². The lowest BCUT2D eigenvalue weighted by Gasteiger charge is -2.07. The number of rotatable bonds is 3. The molecule has 0 amide bonds. The fourth-order valence-electron chi connectivity index (χ4n) is 1.91. The summed E-state index contributed by atoms with van der Waals surface area (Å²) < 4.78 is 0. The monoisotopic (exact) mass is 201 g/mol. The third-order valence-corrected chi connectivity index (χ3v) is 3.26. The van der Waals surface area contributed by atoms with Gasteiger partial charge < -0.3 is 10.7 Å². The molecule has 15 heavy (non-hydrogen) atoms. The zero-order valence-corrected chi connectivity index (χ0v) is 8.66. The van der Waals surface area contributed by atoms with Gasteiger partial charge in [-0.05, 0) is 37.8 Å². The number of nitrogens with zero attached hydrogens (tertiary/aromatic N) is 1. The van der Waals surface area contributed by atoms with Crippen LogP contribution in [0.4, 0.5) is 0 Å². The molecule has 0 unspecified atom stereocenters. The summed E-state index contributed by atoms with van der Waals surface area (Å²) in [4.78, 5) is 7.64. The molecule has 0 spiro atoms. The number of pyridine rings is 1. The Morgan fingerprint density at radius 3 is 3.13 bits per heavy atom. The second-order valence-electron chi connectivity index (χ2n) is 4.60. The van der Waals surface area contributed by atoms with E-state index >= 15 is 0 Å². The highest BCUT2D eigenvalue weighted by atomic mass is 14.8. The van der Waals surface area contributed by atoms with Crippen LogP contribution in [0.1, 0.15) is 25.0 Å². The largest absolute Gasteiger partial charge is 0.361 e. The quantitative estimate of drug-likeness (QED) is 0.797. The Morgan fingerprint density at radius 1 is 1.47 bits per heavy atom. The molecule has 0 aliphatic heterocycles. The summed E-state index contributed by atoms with van der Waals surface area (Å²) in [5.41, 5.74) is 8.49. The van der Waals surface area contributed by atoms with Crippen LogP contribution in [-0.2, 0) is 6.42 Å². The molecule has 1 aliphatic rings. The first kappa shape index (κ1) is 8.92. The van der Waals surface area contributed by atoms with Gasteiger partial charge in [0.2, 0.25) is 0 Å². The molecule has 78 valence electrons. The SMILES string of the molecule is NC1(CCc2cc3[nH]ccc3cn2)CC1. The number of aromatic amines is 1. The van der Waals surface area contributed by atoms with Gasteiger partial charge in [0.15, 0.2) is 0 Å². The summed E-state index contributed by atoms with van der Waals surface area (Å²) in [6, 6.07) is 4.17. The lowest BCUT2D eigenvalue weighted by Crippen LogP contribution is -2.22. The molecule has 2 aromatic rings. The number of hydrogen-bond donors (Lipinski definition) is 2. The van der Waals surface area contributed by atoms with Crippen LogP contribution in [0.2, 0.25) is 0 Å². The van der Waals surface area contributed by atoms with E-state index in [1.807, 2.05) is 18.5 Å². The van der Waals surface area contributed by atoms with Crippen LogP contribution in [0.15, 0.2) is 24.5 Å². The van der Waals surface area contributed by atoms with E-state index in [1.165, 1.54) is 23.7 Å². The van der Waals surface area contributed by atoms with E-state index in [-0.39, 0.29) is 5.54 Å². The molecule has 3 rings (SSSR count). The first-order valence-electron chi connectivity index (χ1n) is 5.46. The van der Waals surface area contributed by atoms with E-state index in [0.717, 1.165) is 18.5 Å². The van der Waals surface area contributed by atoms with Gasteiger partial charge in [0.25, 0.3) is 0 Å². The molecule has 0 aromatic carbocycles. The van der Waals surface area contributed by atoms with Crippen LogP contribution >= 0.6 is 0 Å². The van der Waals surface area contributed by atoms with E-state index in [1.54, 1.807) is 0 Å². The van der Waals surface area contributed by atoms with Crippen molar-refractivity contribution in [2.45, 2.75) is 31.2 Å². The van der Waals surface area contributed by atoms with Crippen molar-refractivity contribution >= 4 is 10.9 Å². The average molecular weight is 201 g/mol. The molecule has 0 bridgehead atoms. The predicted molar refractivity (Wildman–Crippen MR) is 60.6 cm³/mol. The summed E-state index contributed by atoms with van der Waals surface area (Å²) in [5.74, 6) is 0. The number of hydrogen-bond acceptors (Lipinski definition) is 2. The van der Waals surface area contributed by atoms with Crippen LogP contribution in [0, 0.1) is 0 Å². The van der Waals surface area contributed by atoms with Gasteiger partial charge in [-0.15, -0.1) is 0 Å². The van der Waals surface area contributed by atoms with Gasteiger partial charge in [-0.3, -0.25) is 4.98 Å². The Kier molecular flexibility index (Phi) is 1.83. The molecule has 0 atom stereocenters. The van der Waals surface area contributed by atoms with Crippen molar-refractivity contribution in [3.05, 3.63) is 30.2 Å². The Hall–Kier alpha value is -1.35. The maximum Gasteiger partial charge on any atom is 0.0487 e. The Morgan fingerprint density at radius 2 is 2.33 bits per heavy atom. The fourth-order valence-corrected chi connectivity index (χ4v) is 1.91. The smallest absolute Gasteiger partial charge is 0.0487 e. The molecule has 2 aromatic heterocycles. The first-order valence-corrected chi connectivity index (χ1v) is 5.46. The summed E-state index contributed by atoms with van der Waals surface area (Å²) in [5, 5.41) is 1.17. The van der Waals surface area contributed by atoms with Crippen LogP contribution in [0.5, 0.6) is 0 Å². The minimum atomic E-state index is 0.131. The number of nitrogens with one attached hydrogen (secondary N) is 1. The molecule has 3 N–H and O–H groups in total. The van der Waals surface area contributed by atoms with Gasteiger partial charge in [0.1, 0.15) is 0 Å². The van der Waals surface area contributed by atoms with Crippen molar-refractivity contribution in [3.8, 4) is 0 Å². The van der Waals surface area contributed by atoms with E-state index in [0.29, 0.717) is 0 Å². The summed E-state index contributed by atoms with van der Waals surface area (Å²) in [7, 11) is 0. The van der Waals surface area contributed by atoms with Gasteiger partial charge in [0, 0.05) is 34.5 Å². The molecule has 3 nitrogen and oxygen atoms in total. The molecule has 0 radical (unpaired) electrons. The van der Waals surface area contributed by atoms with Gasteiger partial charge in [0.05, 0.1) is 0 Å².